The van der Waals surface area contributed by atoms with Crippen molar-refractivity contribution in [3.63, 3.8) is 0 Å². The number of carbonyl (C=O) groups is 2. The van der Waals surface area contributed by atoms with E-state index in [2.05, 4.69) is 22.4 Å². The van der Waals surface area contributed by atoms with Crippen LogP contribution in [0.25, 0.3) is 11.1 Å². The zero-order valence-electron chi connectivity index (χ0n) is 15.2. The number of alkyl carbamates (subject to hydrolysis) is 1. The monoisotopic (exact) mass is 428 g/mol. The minimum atomic E-state index is -1.04. The summed E-state index contributed by atoms with van der Waals surface area (Å²) in [4.78, 5) is 28.1. The second kappa shape index (κ2) is 8.23. The molecule has 0 aliphatic heterocycles. The van der Waals surface area contributed by atoms with Crippen LogP contribution in [0.2, 0.25) is 4.47 Å². The molecule has 4 rings (SSSR count). The number of amides is 1. The predicted molar refractivity (Wildman–Crippen MR) is 110 cm³/mol. The number of nitrogens with one attached hydrogen (secondary N) is 1. The Hall–Kier alpha value is -2.90. The van der Waals surface area contributed by atoms with Gasteiger partial charge in [-0.05, 0) is 22.3 Å². The number of fused-ring (bicyclic) bond motifs is 3. The maximum Gasteiger partial charge on any atom is 0.407 e. The van der Waals surface area contributed by atoms with Gasteiger partial charge in [0, 0.05) is 17.0 Å². The molecular formula is C21H17ClN2O4S. The van der Waals surface area contributed by atoms with Gasteiger partial charge in [0.15, 0.2) is 4.47 Å². The highest BCUT2D eigenvalue weighted by molar-refractivity contribution is 7.15. The predicted octanol–water partition coefficient (Wildman–Crippen LogP) is 4.85. The van der Waals surface area contributed by atoms with Gasteiger partial charge in [-0.15, -0.1) is 11.3 Å². The molecule has 3 aromatic rings. The normalized spacial score (nSPS) is 13.4. The molecule has 0 unspecified atom stereocenters. The zero-order valence-corrected chi connectivity index (χ0v) is 16.7. The number of hydrogen-bond donors (Lipinski definition) is 2. The number of aromatic nitrogens is 1. The van der Waals surface area contributed by atoms with Crippen molar-refractivity contribution in [2.75, 3.05) is 6.61 Å². The number of carboxylic acids is 1. The molecule has 8 heteroatoms. The van der Waals surface area contributed by atoms with E-state index in [0.717, 1.165) is 33.6 Å². The summed E-state index contributed by atoms with van der Waals surface area (Å²) < 4.78 is 5.77. The molecule has 148 valence electrons. The molecule has 1 atom stereocenters. The van der Waals surface area contributed by atoms with E-state index in [1.807, 2.05) is 36.4 Å². The SMILES string of the molecule is O=C(O)C[C@H](NC(=O)OCC1c2ccccc2-c2ccccc21)c1cnc(Cl)s1. The van der Waals surface area contributed by atoms with E-state index in [1.54, 1.807) is 0 Å². The van der Waals surface area contributed by atoms with Crippen molar-refractivity contribution in [1.29, 1.82) is 0 Å². The Bertz CT molecular complexity index is 1020. The van der Waals surface area contributed by atoms with E-state index < -0.39 is 18.1 Å². The summed E-state index contributed by atoms with van der Waals surface area (Å²) in [6.45, 7) is 0.156. The Morgan fingerprint density at radius 3 is 2.31 bits per heavy atom. The fraction of sp³-hybridized carbons (Fsp3) is 0.190. The van der Waals surface area contributed by atoms with Gasteiger partial charge in [0.2, 0.25) is 0 Å². The van der Waals surface area contributed by atoms with E-state index in [0.29, 0.717) is 4.88 Å². The summed E-state index contributed by atoms with van der Waals surface area (Å²) in [7, 11) is 0. The Morgan fingerprint density at radius 1 is 1.14 bits per heavy atom. The van der Waals surface area contributed by atoms with Crippen molar-refractivity contribution in [2.45, 2.75) is 18.4 Å². The Morgan fingerprint density at radius 2 is 1.76 bits per heavy atom. The maximum absolute atomic E-state index is 12.4. The molecule has 0 saturated carbocycles. The topological polar surface area (TPSA) is 88.5 Å². The zero-order chi connectivity index (χ0) is 20.4. The number of ether oxygens (including phenoxy) is 1. The summed E-state index contributed by atoms with van der Waals surface area (Å²) in [5, 5.41) is 11.8. The van der Waals surface area contributed by atoms with Crippen molar-refractivity contribution < 1.29 is 19.4 Å². The number of hydrogen-bond acceptors (Lipinski definition) is 5. The lowest BCUT2D eigenvalue weighted by Crippen LogP contribution is -2.31. The first-order valence-corrected chi connectivity index (χ1v) is 10.2. The smallest absolute Gasteiger partial charge is 0.407 e. The maximum atomic E-state index is 12.4. The first kappa shape index (κ1) is 19.4. The number of thiazole rings is 1. The molecule has 1 aromatic heterocycles. The number of carboxylic acid groups (broad SMARTS) is 1. The van der Waals surface area contributed by atoms with Gasteiger partial charge in [0.05, 0.1) is 12.5 Å². The molecule has 29 heavy (non-hydrogen) atoms. The molecular weight excluding hydrogens is 412 g/mol. The highest BCUT2D eigenvalue weighted by atomic mass is 35.5. The van der Waals surface area contributed by atoms with Crippen LogP contribution in [0.15, 0.2) is 54.7 Å². The van der Waals surface area contributed by atoms with Crippen molar-refractivity contribution in [2.24, 2.45) is 0 Å². The Labute approximate surface area is 176 Å². The van der Waals surface area contributed by atoms with Gasteiger partial charge in [-0.3, -0.25) is 4.79 Å². The van der Waals surface area contributed by atoms with Crippen molar-refractivity contribution in [3.8, 4) is 11.1 Å². The van der Waals surface area contributed by atoms with Gasteiger partial charge >= 0.3 is 12.1 Å². The average Bonchev–Trinajstić information content (AvgIpc) is 3.27. The van der Waals surface area contributed by atoms with Crippen LogP contribution < -0.4 is 5.32 Å². The van der Waals surface area contributed by atoms with Crippen molar-refractivity contribution in [3.05, 3.63) is 75.2 Å². The van der Waals surface area contributed by atoms with Gasteiger partial charge < -0.3 is 15.2 Å². The second-order valence-electron chi connectivity index (χ2n) is 6.64. The van der Waals surface area contributed by atoms with E-state index >= 15 is 0 Å². The molecule has 0 spiro atoms. The van der Waals surface area contributed by atoms with Gasteiger partial charge in [-0.2, -0.15) is 0 Å². The largest absolute Gasteiger partial charge is 0.481 e. The molecule has 0 radical (unpaired) electrons. The fourth-order valence-corrected chi connectivity index (χ4v) is 4.61. The van der Waals surface area contributed by atoms with E-state index in [1.165, 1.54) is 6.20 Å². The average molecular weight is 429 g/mol. The lowest BCUT2D eigenvalue weighted by atomic mass is 9.98. The third kappa shape index (κ3) is 4.11. The van der Waals surface area contributed by atoms with Crippen LogP contribution >= 0.6 is 22.9 Å². The highest BCUT2D eigenvalue weighted by Crippen LogP contribution is 2.44. The van der Waals surface area contributed by atoms with Gasteiger partial charge in [0.25, 0.3) is 0 Å². The van der Waals surface area contributed by atoms with E-state index in [4.69, 9.17) is 21.4 Å². The highest BCUT2D eigenvalue weighted by Gasteiger charge is 2.29. The number of aliphatic carboxylic acids is 1. The van der Waals surface area contributed by atoms with Crippen LogP contribution in [-0.2, 0) is 9.53 Å². The molecule has 1 aliphatic rings. The standard InChI is InChI=1S/C21H17ClN2O4S/c22-20-23-10-18(29-20)17(9-19(25)26)24-21(27)28-11-16-14-7-3-1-5-12(14)13-6-2-4-8-15(13)16/h1-8,10,16-17H,9,11H2,(H,24,27)(H,25,26)/t17-/m0/s1. The molecule has 0 saturated heterocycles. The molecule has 6 nitrogen and oxygen atoms in total. The van der Waals surface area contributed by atoms with Crippen LogP contribution in [0.5, 0.6) is 0 Å². The minimum Gasteiger partial charge on any atom is -0.481 e. The number of rotatable bonds is 6. The third-order valence-corrected chi connectivity index (χ3v) is 6.08. The first-order chi connectivity index (χ1) is 14.0. The van der Waals surface area contributed by atoms with Crippen LogP contribution in [0, 0.1) is 0 Å². The quantitative estimate of drug-likeness (QED) is 0.585. The lowest BCUT2D eigenvalue weighted by Gasteiger charge is -2.18. The van der Waals surface area contributed by atoms with Crippen LogP contribution in [-0.4, -0.2) is 28.8 Å². The first-order valence-electron chi connectivity index (χ1n) is 8.97. The third-order valence-electron chi connectivity index (χ3n) is 4.85. The van der Waals surface area contributed by atoms with Gasteiger partial charge in [0.1, 0.15) is 6.61 Å². The Kier molecular flexibility index (Phi) is 5.51. The van der Waals surface area contributed by atoms with Crippen molar-refractivity contribution in [1.82, 2.24) is 10.3 Å². The Balaban J connectivity index is 1.47. The van der Waals surface area contributed by atoms with Gasteiger partial charge in [-0.25, -0.2) is 9.78 Å². The number of halogens is 1. The number of nitrogens with zero attached hydrogens (tertiary/aromatic N) is 1. The molecule has 0 fully saturated rings. The number of carbonyl (C=O) groups excluding carboxylic acids is 1. The van der Waals surface area contributed by atoms with Crippen LogP contribution in [0.1, 0.15) is 34.4 Å². The number of benzene rings is 2. The van der Waals surface area contributed by atoms with E-state index in [-0.39, 0.29) is 23.4 Å². The van der Waals surface area contributed by atoms with Crippen LogP contribution in [0.4, 0.5) is 4.79 Å². The van der Waals surface area contributed by atoms with Crippen molar-refractivity contribution >= 4 is 35.0 Å². The second-order valence-corrected chi connectivity index (χ2v) is 8.28. The molecule has 1 aliphatic carbocycles. The van der Waals surface area contributed by atoms with E-state index in [9.17, 15) is 9.59 Å². The summed E-state index contributed by atoms with van der Waals surface area (Å²) in [6, 6.07) is 15.3. The summed E-state index contributed by atoms with van der Waals surface area (Å²) >= 11 is 6.96. The molecule has 2 aromatic carbocycles. The molecule has 1 heterocycles. The van der Waals surface area contributed by atoms with Gasteiger partial charge in [-0.1, -0.05) is 60.1 Å². The molecule has 1 amide bonds. The summed E-state index contributed by atoms with van der Waals surface area (Å²) in [5.74, 6) is -1.11. The fourth-order valence-electron chi connectivity index (χ4n) is 3.61. The lowest BCUT2D eigenvalue weighted by molar-refractivity contribution is -0.137. The summed E-state index contributed by atoms with van der Waals surface area (Å²) in [5.41, 5.74) is 4.50. The molecule has 2 N–H and O–H groups in total. The minimum absolute atomic E-state index is 0.0658. The summed E-state index contributed by atoms with van der Waals surface area (Å²) in [6.07, 6.45) is 0.496. The molecule has 0 bridgehead atoms. The van der Waals surface area contributed by atoms with Crippen LogP contribution in [0.3, 0.4) is 0 Å².